The molecule has 1 aromatic carbocycles. The van der Waals surface area contributed by atoms with E-state index in [9.17, 15) is 18.3 Å². The molecule has 0 bridgehead atoms. The van der Waals surface area contributed by atoms with Crippen LogP contribution in [0.15, 0.2) is 29.2 Å². The second-order valence-electron chi connectivity index (χ2n) is 4.60. The summed E-state index contributed by atoms with van der Waals surface area (Å²) in [4.78, 5) is 2.31. The molecule has 0 unspecified atom stereocenters. The lowest BCUT2D eigenvalue weighted by Gasteiger charge is -2.34. The van der Waals surface area contributed by atoms with E-state index in [0.29, 0.717) is 0 Å². The maximum Gasteiger partial charge on any atom is 0.446 e. The van der Waals surface area contributed by atoms with E-state index in [1.165, 1.54) is 12.1 Å². The van der Waals surface area contributed by atoms with Gasteiger partial charge in [-0.3, -0.25) is 4.90 Å². The molecule has 0 spiro atoms. The maximum absolute atomic E-state index is 12.3. The molecule has 0 radical (unpaired) electrons. The first-order valence-electron chi connectivity index (χ1n) is 6.41. The van der Waals surface area contributed by atoms with Crippen molar-refractivity contribution < 1.29 is 18.3 Å². The van der Waals surface area contributed by atoms with Crippen LogP contribution in [0, 0.1) is 0 Å². The van der Waals surface area contributed by atoms with Gasteiger partial charge in [-0.1, -0.05) is 12.1 Å². The molecule has 1 saturated heterocycles. The Balaban J connectivity index is 0.00000220. The number of thioether (sulfide) groups is 1. The molecular formula is C13H18ClF3N2OS. The third kappa shape index (κ3) is 5.67. The summed E-state index contributed by atoms with van der Waals surface area (Å²) in [7, 11) is 0. The molecule has 0 aromatic heterocycles. The van der Waals surface area contributed by atoms with Crippen LogP contribution in [0.25, 0.3) is 0 Å². The molecule has 0 amide bonds. The zero-order chi connectivity index (χ0) is 14.6. The van der Waals surface area contributed by atoms with Crippen LogP contribution in [-0.2, 0) is 0 Å². The van der Waals surface area contributed by atoms with Crippen molar-refractivity contribution in [3.05, 3.63) is 29.8 Å². The molecule has 0 saturated carbocycles. The van der Waals surface area contributed by atoms with E-state index in [1.807, 2.05) is 0 Å². The van der Waals surface area contributed by atoms with Crippen molar-refractivity contribution in [3.8, 4) is 0 Å². The van der Waals surface area contributed by atoms with E-state index in [-0.39, 0.29) is 41.7 Å². The van der Waals surface area contributed by atoms with Crippen molar-refractivity contribution in [2.75, 3.05) is 32.8 Å². The van der Waals surface area contributed by atoms with Gasteiger partial charge in [0, 0.05) is 31.1 Å². The normalized spacial score (nSPS) is 18.1. The van der Waals surface area contributed by atoms with Crippen LogP contribution in [0.2, 0.25) is 0 Å². The Kier molecular flexibility index (Phi) is 7.29. The van der Waals surface area contributed by atoms with Crippen LogP contribution < -0.4 is 5.32 Å². The average Bonchev–Trinajstić information content (AvgIpc) is 2.41. The Bertz CT molecular complexity index is 424. The zero-order valence-electron chi connectivity index (χ0n) is 11.3. The fourth-order valence-electron chi connectivity index (χ4n) is 2.32. The fraction of sp³-hybridized carbons (Fsp3) is 0.538. The topological polar surface area (TPSA) is 35.5 Å². The molecule has 1 aromatic rings. The molecule has 3 nitrogen and oxygen atoms in total. The summed E-state index contributed by atoms with van der Waals surface area (Å²) in [6.45, 7) is 3.33. The molecule has 21 heavy (non-hydrogen) atoms. The molecule has 8 heteroatoms. The van der Waals surface area contributed by atoms with Crippen LogP contribution in [0.3, 0.4) is 0 Å². The van der Waals surface area contributed by atoms with Crippen molar-refractivity contribution >= 4 is 24.2 Å². The van der Waals surface area contributed by atoms with E-state index >= 15 is 0 Å². The Hall–Kier alpha value is -0.470. The lowest BCUT2D eigenvalue weighted by Crippen LogP contribution is -2.46. The highest BCUT2D eigenvalue weighted by Crippen LogP contribution is 2.37. The fourth-order valence-corrected chi connectivity index (χ4v) is 2.86. The van der Waals surface area contributed by atoms with Crippen molar-refractivity contribution in [3.63, 3.8) is 0 Å². The van der Waals surface area contributed by atoms with Crippen LogP contribution in [0.5, 0.6) is 0 Å². The molecule has 2 N–H and O–H groups in total. The number of nitrogens with one attached hydrogen (secondary N) is 1. The van der Waals surface area contributed by atoms with E-state index in [2.05, 4.69) is 10.2 Å². The maximum atomic E-state index is 12.3. The number of hydrogen-bond acceptors (Lipinski definition) is 4. The number of benzene rings is 1. The number of nitrogens with zero attached hydrogens (tertiary/aromatic N) is 1. The number of rotatable bonds is 4. The van der Waals surface area contributed by atoms with E-state index < -0.39 is 5.51 Å². The van der Waals surface area contributed by atoms with Crippen molar-refractivity contribution in [1.29, 1.82) is 0 Å². The van der Waals surface area contributed by atoms with Gasteiger partial charge in [0.05, 0.1) is 12.6 Å². The van der Waals surface area contributed by atoms with Gasteiger partial charge in [0.1, 0.15) is 0 Å². The minimum absolute atomic E-state index is 0. The largest absolute Gasteiger partial charge is 0.446 e. The highest BCUT2D eigenvalue weighted by atomic mass is 35.5. The number of hydrogen-bond donors (Lipinski definition) is 2. The van der Waals surface area contributed by atoms with Gasteiger partial charge in [0.25, 0.3) is 0 Å². The first-order valence-corrected chi connectivity index (χ1v) is 7.22. The molecular weight excluding hydrogens is 325 g/mol. The number of aliphatic hydroxyl groups is 1. The summed E-state index contributed by atoms with van der Waals surface area (Å²) in [5.41, 5.74) is -3.42. The SMILES string of the molecule is Cl.OC[C@@H](c1ccc(SC(F)(F)F)cc1)N1CCNCC1. The van der Waals surface area contributed by atoms with Gasteiger partial charge >= 0.3 is 5.51 Å². The Morgan fingerprint density at radius 3 is 2.24 bits per heavy atom. The van der Waals surface area contributed by atoms with Gasteiger partial charge in [-0.2, -0.15) is 13.2 Å². The predicted molar refractivity (Wildman–Crippen MR) is 79.9 cm³/mol. The van der Waals surface area contributed by atoms with Crippen molar-refractivity contribution in [2.24, 2.45) is 0 Å². The van der Waals surface area contributed by atoms with Crippen molar-refractivity contribution in [1.82, 2.24) is 10.2 Å². The Morgan fingerprint density at radius 1 is 1.19 bits per heavy atom. The van der Waals surface area contributed by atoms with E-state index in [1.54, 1.807) is 12.1 Å². The molecule has 2 rings (SSSR count). The van der Waals surface area contributed by atoms with Crippen LogP contribution in [-0.4, -0.2) is 48.3 Å². The number of alkyl halides is 3. The van der Waals surface area contributed by atoms with Crippen LogP contribution in [0.1, 0.15) is 11.6 Å². The minimum atomic E-state index is -4.27. The highest BCUT2D eigenvalue weighted by molar-refractivity contribution is 8.00. The summed E-state index contributed by atoms with van der Waals surface area (Å²) in [6, 6.07) is 6.09. The second kappa shape index (κ2) is 8.24. The standard InChI is InChI=1S/C13H17F3N2OS.ClH/c14-13(15,16)20-11-3-1-10(2-4-11)12(9-19)18-7-5-17-6-8-18;/h1-4,12,17,19H,5-9H2;1H/t12-;/m0./s1. The summed E-state index contributed by atoms with van der Waals surface area (Å²) in [5, 5.41) is 12.8. The first-order chi connectivity index (χ1) is 9.49. The van der Waals surface area contributed by atoms with E-state index in [4.69, 9.17) is 0 Å². The molecule has 1 aliphatic rings. The predicted octanol–water partition coefficient (Wildman–Crippen LogP) is 2.66. The molecule has 1 atom stereocenters. The summed E-state index contributed by atoms with van der Waals surface area (Å²) in [6.07, 6.45) is 0. The Morgan fingerprint density at radius 2 is 1.76 bits per heavy atom. The van der Waals surface area contributed by atoms with Gasteiger partial charge in [-0.15, -0.1) is 12.4 Å². The summed E-state index contributed by atoms with van der Waals surface area (Å²) >= 11 is -0.122. The molecule has 1 aliphatic heterocycles. The molecule has 1 fully saturated rings. The summed E-state index contributed by atoms with van der Waals surface area (Å²) < 4.78 is 36.8. The average molecular weight is 343 g/mol. The van der Waals surface area contributed by atoms with E-state index in [0.717, 1.165) is 31.7 Å². The zero-order valence-corrected chi connectivity index (χ0v) is 12.9. The smallest absolute Gasteiger partial charge is 0.394 e. The molecule has 1 heterocycles. The van der Waals surface area contributed by atoms with Gasteiger partial charge in [-0.05, 0) is 29.5 Å². The van der Waals surface area contributed by atoms with Gasteiger partial charge < -0.3 is 10.4 Å². The molecule has 0 aliphatic carbocycles. The highest BCUT2D eigenvalue weighted by Gasteiger charge is 2.29. The monoisotopic (exact) mass is 342 g/mol. The quantitative estimate of drug-likeness (QED) is 0.825. The number of halogens is 4. The third-order valence-corrected chi connectivity index (χ3v) is 4.00. The third-order valence-electron chi connectivity index (χ3n) is 3.26. The number of aliphatic hydroxyl groups excluding tert-OH is 1. The minimum Gasteiger partial charge on any atom is -0.394 e. The van der Waals surface area contributed by atoms with Crippen LogP contribution in [0.4, 0.5) is 13.2 Å². The van der Waals surface area contributed by atoms with Gasteiger partial charge in [0.15, 0.2) is 0 Å². The lowest BCUT2D eigenvalue weighted by atomic mass is 10.1. The van der Waals surface area contributed by atoms with Crippen LogP contribution >= 0.6 is 24.2 Å². The number of piperazine rings is 1. The van der Waals surface area contributed by atoms with Gasteiger partial charge in [0.2, 0.25) is 0 Å². The van der Waals surface area contributed by atoms with Gasteiger partial charge in [-0.25, -0.2) is 0 Å². The first kappa shape index (κ1) is 18.6. The Labute approximate surface area is 132 Å². The molecule has 120 valence electrons. The second-order valence-corrected chi connectivity index (χ2v) is 5.74. The van der Waals surface area contributed by atoms with Crippen molar-refractivity contribution in [2.45, 2.75) is 16.4 Å². The summed E-state index contributed by atoms with van der Waals surface area (Å²) in [5.74, 6) is 0. The lowest BCUT2D eigenvalue weighted by molar-refractivity contribution is -0.0328.